The molecular formula is C14H12BrClN2O2. The van der Waals surface area contributed by atoms with Crippen molar-refractivity contribution in [2.24, 2.45) is 0 Å². The summed E-state index contributed by atoms with van der Waals surface area (Å²) >= 11 is 9.22. The highest BCUT2D eigenvalue weighted by atomic mass is 79.9. The van der Waals surface area contributed by atoms with Crippen LogP contribution in [0.5, 0.6) is 0 Å². The molecule has 0 heterocycles. The molecule has 4 nitrogen and oxygen atoms in total. The zero-order valence-electron chi connectivity index (χ0n) is 10.7. The van der Waals surface area contributed by atoms with Crippen molar-refractivity contribution in [2.45, 2.75) is 13.5 Å². The van der Waals surface area contributed by atoms with Gasteiger partial charge in [-0.1, -0.05) is 39.7 Å². The van der Waals surface area contributed by atoms with E-state index in [1.807, 2.05) is 19.1 Å². The number of halogens is 2. The summed E-state index contributed by atoms with van der Waals surface area (Å²) in [5.41, 5.74) is 2.82. The minimum absolute atomic E-state index is 0.0938. The Labute approximate surface area is 130 Å². The minimum atomic E-state index is -0.489. The number of hydrogen-bond acceptors (Lipinski definition) is 3. The average molecular weight is 356 g/mol. The molecule has 1 N–H and O–H groups in total. The van der Waals surface area contributed by atoms with Gasteiger partial charge >= 0.3 is 0 Å². The maximum atomic E-state index is 10.8. The van der Waals surface area contributed by atoms with Gasteiger partial charge in [-0.25, -0.2) is 0 Å². The number of benzene rings is 2. The lowest BCUT2D eigenvalue weighted by atomic mass is 10.1. The van der Waals surface area contributed by atoms with Gasteiger partial charge in [-0.2, -0.15) is 0 Å². The number of nitro benzene ring substituents is 1. The third-order valence-electron chi connectivity index (χ3n) is 2.86. The highest BCUT2D eigenvalue weighted by Gasteiger charge is 2.12. The van der Waals surface area contributed by atoms with E-state index in [-0.39, 0.29) is 10.7 Å². The van der Waals surface area contributed by atoms with Crippen LogP contribution in [-0.2, 0) is 6.54 Å². The number of nitrogens with zero attached hydrogens (tertiary/aromatic N) is 1. The zero-order chi connectivity index (χ0) is 14.7. The molecule has 0 spiro atoms. The minimum Gasteiger partial charge on any atom is -0.381 e. The first-order chi connectivity index (χ1) is 9.47. The van der Waals surface area contributed by atoms with Gasteiger partial charge in [0.1, 0.15) is 5.02 Å². The fourth-order valence-corrected chi connectivity index (χ4v) is 2.22. The fraction of sp³-hybridized carbons (Fsp3) is 0.143. The number of nitrogens with one attached hydrogen (secondary N) is 1. The lowest BCUT2D eigenvalue weighted by Gasteiger charge is -2.08. The van der Waals surface area contributed by atoms with E-state index in [0.29, 0.717) is 12.2 Å². The molecule has 0 aliphatic rings. The molecule has 0 aliphatic carbocycles. The summed E-state index contributed by atoms with van der Waals surface area (Å²) in [4.78, 5) is 10.3. The van der Waals surface area contributed by atoms with Crippen molar-refractivity contribution >= 4 is 38.9 Å². The first-order valence-electron chi connectivity index (χ1n) is 5.90. The van der Waals surface area contributed by atoms with E-state index in [1.54, 1.807) is 6.07 Å². The summed E-state index contributed by atoms with van der Waals surface area (Å²) in [7, 11) is 0. The Morgan fingerprint density at radius 3 is 2.70 bits per heavy atom. The molecule has 2 rings (SSSR count). The van der Waals surface area contributed by atoms with Crippen LogP contribution in [-0.4, -0.2) is 4.92 Å². The lowest BCUT2D eigenvalue weighted by Crippen LogP contribution is -2.00. The van der Waals surface area contributed by atoms with E-state index < -0.39 is 4.92 Å². The van der Waals surface area contributed by atoms with E-state index in [0.717, 1.165) is 15.6 Å². The Bertz CT molecular complexity index is 662. The molecule has 0 bridgehead atoms. The topological polar surface area (TPSA) is 55.2 Å². The predicted molar refractivity (Wildman–Crippen MR) is 84.3 cm³/mol. The second kappa shape index (κ2) is 6.24. The molecule has 6 heteroatoms. The molecule has 2 aromatic rings. The van der Waals surface area contributed by atoms with Gasteiger partial charge in [0.15, 0.2) is 0 Å². The summed E-state index contributed by atoms with van der Waals surface area (Å²) in [5.74, 6) is 0. The van der Waals surface area contributed by atoms with Gasteiger partial charge in [0.2, 0.25) is 0 Å². The van der Waals surface area contributed by atoms with E-state index in [1.165, 1.54) is 12.1 Å². The van der Waals surface area contributed by atoms with Gasteiger partial charge in [-0.15, -0.1) is 0 Å². The summed E-state index contributed by atoms with van der Waals surface area (Å²) in [6.45, 7) is 2.60. The van der Waals surface area contributed by atoms with Crippen LogP contribution in [0.2, 0.25) is 5.02 Å². The van der Waals surface area contributed by atoms with Crippen LogP contribution in [0.15, 0.2) is 40.9 Å². The number of aryl methyl sites for hydroxylation is 1. The molecule has 0 aliphatic heterocycles. The second-order valence-electron chi connectivity index (χ2n) is 4.36. The molecule has 0 fully saturated rings. The van der Waals surface area contributed by atoms with Crippen molar-refractivity contribution in [3.05, 3.63) is 67.1 Å². The second-order valence-corrected chi connectivity index (χ2v) is 5.62. The molecule has 0 unspecified atom stereocenters. The van der Waals surface area contributed by atoms with Crippen molar-refractivity contribution in [2.75, 3.05) is 5.32 Å². The normalized spacial score (nSPS) is 10.3. The van der Waals surface area contributed by atoms with Crippen LogP contribution in [0.1, 0.15) is 11.1 Å². The molecule has 0 amide bonds. The quantitative estimate of drug-likeness (QED) is 0.625. The van der Waals surface area contributed by atoms with Crippen LogP contribution in [0, 0.1) is 17.0 Å². The standard InChI is InChI=1S/C14H12BrClN2O2/c1-9-6-10(2-4-12(9)15)8-17-11-3-5-13(16)14(7-11)18(19)20/h2-7,17H,8H2,1H3. The van der Waals surface area contributed by atoms with Crippen LogP contribution >= 0.6 is 27.5 Å². The van der Waals surface area contributed by atoms with Gasteiger partial charge in [-0.3, -0.25) is 10.1 Å². The molecule has 2 aromatic carbocycles. The van der Waals surface area contributed by atoms with Gasteiger partial charge in [0.05, 0.1) is 4.92 Å². The van der Waals surface area contributed by atoms with Crippen molar-refractivity contribution in [3.63, 3.8) is 0 Å². The molecule has 20 heavy (non-hydrogen) atoms. The summed E-state index contributed by atoms with van der Waals surface area (Å²) < 4.78 is 1.06. The number of nitro groups is 1. The molecule has 0 atom stereocenters. The Kier molecular flexibility index (Phi) is 4.62. The van der Waals surface area contributed by atoms with Crippen LogP contribution in [0.25, 0.3) is 0 Å². The average Bonchev–Trinajstić information content (AvgIpc) is 2.41. The van der Waals surface area contributed by atoms with Crippen molar-refractivity contribution in [3.8, 4) is 0 Å². The first kappa shape index (κ1) is 14.8. The maximum Gasteiger partial charge on any atom is 0.289 e. The number of anilines is 1. The van der Waals surface area contributed by atoms with Crippen LogP contribution in [0.4, 0.5) is 11.4 Å². The summed E-state index contributed by atoms with van der Waals surface area (Å²) in [6.07, 6.45) is 0. The summed E-state index contributed by atoms with van der Waals surface area (Å²) in [6, 6.07) is 10.7. The Hall–Kier alpha value is -1.59. The summed E-state index contributed by atoms with van der Waals surface area (Å²) in [5, 5.41) is 14.1. The van der Waals surface area contributed by atoms with Gasteiger partial charge < -0.3 is 5.32 Å². The van der Waals surface area contributed by atoms with Gasteiger partial charge in [-0.05, 0) is 36.2 Å². The first-order valence-corrected chi connectivity index (χ1v) is 7.07. The molecule has 104 valence electrons. The van der Waals surface area contributed by atoms with Crippen molar-refractivity contribution < 1.29 is 4.92 Å². The third-order valence-corrected chi connectivity index (χ3v) is 4.07. The molecular weight excluding hydrogens is 344 g/mol. The fourth-order valence-electron chi connectivity index (χ4n) is 1.78. The monoisotopic (exact) mass is 354 g/mol. The highest BCUT2D eigenvalue weighted by Crippen LogP contribution is 2.27. The Morgan fingerprint density at radius 2 is 2.05 bits per heavy atom. The smallest absolute Gasteiger partial charge is 0.289 e. The van der Waals surface area contributed by atoms with Gasteiger partial charge in [0.25, 0.3) is 5.69 Å². The lowest BCUT2D eigenvalue weighted by molar-refractivity contribution is -0.384. The van der Waals surface area contributed by atoms with Crippen molar-refractivity contribution in [1.82, 2.24) is 0 Å². The van der Waals surface area contributed by atoms with Crippen LogP contribution in [0.3, 0.4) is 0 Å². The van der Waals surface area contributed by atoms with E-state index in [4.69, 9.17) is 11.6 Å². The largest absolute Gasteiger partial charge is 0.381 e. The van der Waals surface area contributed by atoms with Gasteiger partial charge in [0, 0.05) is 22.8 Å². The van der Waals surface area contributed by atoms with Crippen LogP contribution < -0.4 is 5.32 Å². The number of rotatable bonds is 4. The maximum absolute atomic E-state index is 10.8. The van der Waals surface area contributed by atoms with E-state index in [9.17, 15) is 10.1 Å². The van der Waals surface area contributed by atoms with Crippen molar-refractivity contribution in [1.29, 1.82) is 0 Å². The molecule has 0 saturated carbocycles. The number of hydrogen-bond donors (Lipinski definition) is 1. The molecule has 0 saturated heterocycles. The van der Waals surface area contributed by atoms with E-state index in [2.05, 4.69) is 27.3 Å². The zero-order valence-corrected chi connectivity index (χ0v) is 13.0. The molecule has 0 radical (unpaired) electrons. The Morgan fingerprint density at radius 1 is 1.30 bits per heavy atom. The third kappa shape index (κ3) is 3.49. The molecule has 0 aromatic heterocycles. The Balaban J connectivity index is 2.12. The van der Waals surface area contributed by atoms with E-state index >= 15 is 0 Å². The highest BCUT2D eigenvalue weighted by molar-refractivity contribution is 9.10. The predicted octanol–water partition coefficient (Wildman–Crippen LogP) is 4.93. The SMILES string of the molecule is Cc1cc(CNc2ccc(Cl)c([N+](=O)[O-])c2)ccc1Br.